The summed E-state index contributed by atoms with van der Waals surface area (Å²) in [5.41, 5.74) is 4.45. The zero-order valence-electron chi connectivity index (χ0n) is 13.0. The van der Waals surface area contributed by atoms with Gasteiger partial charge in [-0.05, 0) is 42.0 Å². The molecule has 0 heterocycles. The summed E-state index contributed by atoms with van der Waals surface area (Å²) in [5, 5.41) is 3.92. The van der Waals surface area contributed by atoms with Gasteiger partial charge in [0.25, 0.3) is 5.91 Å². The zero-order valence-corrected chi connectivity index (χ0v) is 14.6. The van der Waals surface area contributed by atoms with Crippen molar-refractivity contribution in [2.45, 2.75) is 0 Å². The quantitative estimate of drug-likeness (QED) is 0.623. The average molecular weight is 376 g/mol. The van der Waals surface area contributed by atoms with Crippen molar-refractivity contribution in [3.63, 3.8) is 0 Å². The largest absolute Gasteiger partial charge is 0.484 e. The second-order valence-electron chi connectivity index (χ2n) is 5.02. The van der Waals surface area contributed by atoms with Crippen LogP contribution >= 0.6 is 15.9 Å². The summed E-state index contributed by atoms with van der Waals surface area (Å²) in [6.07, 6.45) is 1.59. The molecule has 2 aromatic rings. The van der Waals surface area contributed by atoms with Gasteiger partial charge in [-0.3, -0.25) is 4.79 Å². The van der Waals surface area contributed by atoms with Crippen molar-refractivity contribution < 1.29 is 9.53 Å². The maximum absolute atomic E-state index is 11.7. The molecule has 1 N–H and O–H groups in total. The van der Waals surface area contributed by atoms with E-state index in [1.165, 1.54) is 0 Å². The van der Waals surface area contributed by atoms with Crippen molar-refractivity contribution in [3.8, 4) is 5.75 Å². The number of anilines is 1. The predicted octanol–water partition coefficient (Wildman–Crippen LogP) is 3.04. The molecule has 0 spiro atoms. The third-order valence-corrected chi connectivity index (χ3v) is 3.52. The Kier molecular flexibility index (Phi) is 6.17. The van der Waals surface area contributed by atoms with Gasteiger partial charge < -0.3 is 9.64 Å². The van der Waals surface area contributed by atoms with Gasteiger partial charge in [0.2, 0.25) is 0 Å². The maximum Gasteiger partial charge on any atom is 0.277 e. The summed E-state index contributed by atoms with van der Waals surface area (Å²) < 4.78 is 6.31. The Morgan fingerprint density at radius 3 is 2.43 bits per heavy atom. The number of carbonyl (C=O) groups is 1. The summed E-state index contributed by atoms with van der Waals surface area (Å²) in [6.45, 7) is -0.0848. The minimum Gasteiger partial charge on any atom is -0.484 e. The van der Waals surface area contributed by atoms with E-state index < -0.39 is 0 Å². The number of hydrogen-bond donors (Lipinski definition) is 1. The van der Waals surface area contributed by atoms with E-state index in [0.717, 1.165) is 15.7 Å². The van der Waals surface area contributed by atoms with E-state index in [1.54, 1.807) is 18.3 Å². The number of ether oxygens (including phenoxy) is 1. The Balaban J connectivity index is 1.78. The molecule has 23 heavy (non-hydrogen) atoms. The predicted molar refractivity (Wildman–Crippen MR) is 96.1 cm³/mol. The van der Waals surface area contributed by atoms with Crippen LogP contribution in [0.3, 0.4) is 0 Å². The van der Waals surface area contributed by atoms with E-state index in [0.29, 0.717) is 5.75 Å². The SMILES string of the molecule is CN(C)c1ccc(C=NNC(=O)COc2ccc(Br)cc2)cc1. The van der Waals surface area contributed by atoms with Gasteiger partial charge in [0.1, 0.15) is 5.75 Å². The van der Waals surface area contributed by atoms with Gasteiger partial charge >= 0.3 is 0 Å². The number of rotatable bonds is 6. The minimum absolute atomic E-state index is 0.0848. The van der Waals surface area contributed by atoms with Gasteiger partial charge in [0.05, 0.1) is 6.21 Å². The van der Waals surface area contributed by atoms with E-state index in [4.69, 9.17) is 4.74 Å². The Morgan fingerprint density at radius 1 is 1.17 bits per heavy atom. The highest BCUT2D eigenvalue weighted by Crippen LogP contribution is 2.15. The van der Waals surface area contributed by atoms with E-state index >= 15 is 0 Å². The molecule has 0 aliphatic heterocycles. The van der Waals surface area contributed by atoms with Gasteiger partial charge in [0, 0.05) is 24.3 Å². The van der Waals surface area contributed by atoms with Crippen LogP contribution in [0.5, 0.6) is 5.75 Å². The van der Waals surface area contributed by atoms with Crippen LogP contribution in [-0.4, -0.2) is 32.8 Å². The van der Waals surface area contributed by atoms with Gasteiger partial charge in [-0.1, -0.05) is 28.1 Å². The van der Waals surface area contributed by atoms with Crippen molar-refractivity contribution in [1.29, 1.82) is 0 Å². The number of benzene rings is 2. The van der Waals surface area contributed by atoms with Crippen molar-refractivity contribution >= 4 is 33.7 Å². The fourth-order valence-corrected chi connectivity index (χ4v) is 2.01. The molecule has 0 bridgehead atoms. The number of amides is 1. The monoisotopic (exact) mass is 375 g/mol. The standard InChI is InChI=1S/C17H18BrN3O2/c1-21(2)15-7-3-13(4-8-15)11-19-20-17(22)12-23-16-9-5-14(18)6-10-16/h3-11H,12H2,1-2H3,(H,20,22). The molecule has 0 aliphatic carbocycles. The fraction of sp³-hybridized carbons (Fsp3) is 0.176. The Labute approximate surface area is 144 Å². The number of nitrogens with one attached hydrogen (secondary N) is 1. The summed E-state index contributed by atoms with van der Waals surface area (Å²) in [5.74, 6) is 0.320. The number of hydrazone groups is 1. The van der Waals surface area contributed by atoms with Crippen molar-refractivity contribution in [2.75, 3.05) is 25.6 Å². The lowest BCUT2D eigenvalue weighted by Crippen LogP contribution is -2.24. The molecule has 2 rings (SSSR count). The molecule has 0 saturated heterocycles. The van der Waals surface area contributed by atoms with Gasteiger partial charge in [-0.15, -0.1) is 0 Å². The molecule has 0 saturated carbocycles. The highest BCUT2D eigenvalue weighted by Gasteiger charge is 2.01. The number of nitrogens with zero attached hydrogens (tertiary/aromatic N) is 2. The fourth-order valence-electron chi connectivity index (χ4n) is 1.75. The van der Waals surface area contributed by atoms with Crippen LogP contribution in [0.25, 0.3) is 0 Å². The molecule has 0 aliphatic rings. The normalized spacial score (nSPS) is 10.6. The first kappa shape index (κ1) is 17.0. The van der Waals surface area contributed by atoms with Crippen molar-refractivity contribution in [3.05, 3.63) is 58.6 Å². The van der Waals surface area contributed by atoms with Gasteiger partial charge in [0.15, 0.2) is 6.61 Å². The second-order valence-corrected chi connectivity index (χ2v) is 5.94. The first-order valence-corrected chi connectivity index (χ1v) is 7.81. The van der Waals surface area contributed by atoms with Crippen molar-refractivity contribution in [1.82, 2.24) is 5.43 Å². The molecule has 0 atom stereocenters. The molecule has 1 amide bonds. The van der Waals surface area contributed by atoms with E-state index in [9.17, 15) is 4.79 Å². The highest BCUT2D eigenvalue weighted by molar-refractivity contribution is 9.10. The van der Waals surface area contributed by atoms with E-state index in [-0.39, 0.29) is 12.5 Å². The summed E-state index contributed by atoms with van der Waals surface area (Å²) >= 11 is 3.34. The van der Waals surface area contributed by atoms with Crippen LogP contribution in [0.1, 0.15) is 5.56 Å². The van der Waals surface area contributed by atoms with Crippen LogP contribution in [0.2, 0.25) is 0 Å². The van der Waals surface area contributed by atoms with Crippen LogP contribution in [0.15, 0.2) is 58.1 Å². The summed E-state index contributed by atoms with van der Waals surface area (Å²) in [4.78, 5) is 13.7. The lowest BCUT2D eigenvalue weighted by Gasteiger charge is -2.11. The molecule has 120 valence electrons. The summed E-state index contributed by atoms with van der Waals surface area (Å²) in [6, 6.07) is 15.1. The zero-order chi connectivity index (χ0) is 16.7. The van der Waals surface area contributed by atoms with E-state index in [2.05, 4.69) is 26.5 Å². The summed E-state index contributed by atoms with van der Waals surface area (Å²) in [7, 11) is 3.96. The van der Waals surface area contributed by atoms with Gasteiger partial charge in [-0.2, -0.15) is 5.10 Å². The van der Waals surface area contributed by atoms with E-state index in [1.807, 2.05) is 55.4 Å². The van der Waals surface area contributed by atoms with Gasteiger partial charge in [-0.25, -0.2) is 5.43 Å². The maximum atomic E-state index is 11.7. The second kappa shape index (κ2) is 8.33. The van der Waals surface area contributed by atoms with Crippen LogP contribution < -0.4 is 15.1 Å². The molecular formula is C17H18BrN3O2. The average Bonchev–Trinajstić information content (AvgIpc) is 2.55. The lowest BCUT2D eigenvalue weighted by atomic mass is 10.2. The molecule has 0 aromatic heterocycles. The van der Waals surface area contributed by atoms with Crippen molar-refractivity contribution in [2.24, 2.45) is 5.10 Å². The topological polar surface area (TPSA) is 53.9 Å². The highest BCUT2D eigenvalue weighted by atomic mass is 79.9. The first-order valence-electron chi connectivity index (χ1n) is 7.02. The Hall–Kier alpha value is -2.34. The van der Waals surface area contributed by atoms with Crippen LogP contribution in [0, 0.1) is 0 Å². The third kappa shape index (κ3) is 5.75. The third-order valence-electron chi connectivity index (χ3n) is 3.00. The molecule has 6 heteroatoms. The molecular weight excluding hydrogens is 358 g/mol. The molecule has 2 aromatic carbocycles. The lowest BCUT2D eigenvalue weighted by molar-refractivity contribution is -0.123. The number of hydrogen-bond acceptors (Lipinski definition) is 4. The number of halogens is 1. The molecule has 0 radical (unpaired) electrons. The smallest absolute Gasteiger partial charge is 0.277 e. The van der Waals surface area contributed by atoms with Crippen LogP contribution in [-0.2, 0) is 4.79 Å². The number of carbonyl (C=O) groups excluding carboxylic acids is 1. The first-order chi connectivity index (χ1) is 11.0. The molecule has 0 fully saturated rings. The Bertz CT molecular complexity index is 667. The molecule has 0 unspecified atom stereocenters. The minimum atomic E-state index is -0.311. The Morgan fingerprint density at radius 2 is 1.83 bits per heavy atom. The van der Waals surface area contributed by atoms with Crippen LogP contribution in [0.4, 0.5) is 5.69 Å². The molecule has 5 nitrogen and oxygen atoms in total.